The average Bonchev–Trinajstić information content (AvgIpc) is 2.29. The van der Waals surface area contributed by atoms with E-state index >= 15 is 0 Å². The van der Waals surface area contributed by atoms with E-state index in [1.807, 2.05) is 36.4 Å². The molecule has 0 saturated heterocycles. The molecule has 0 aliphatic rings. The zero-order chi connectivity index (χ0) is 11.4. The summed E-state index contributed by atoms with van der Waals surface area (Å²) in [5, 5.41) is 0. The van der Waals surface area contributed by atoms with Crippen molar-refractivity contribution in [2.24, 2.45) is 0 Å². The van der Waals surface area contributed by atoms with Gasteiger partial charge in [0.05, 0.1) is 5.56 Å². The number of H-pyrrole nitrogens is 2. The average molecular weight is 214 g/mol. The van der Waals surface area contributed by atoms with E-state index in [2.05, 4.69) is 9.97 Å². The lowest BCUT2D eigenvalue weighted by Gasteiger charge is -1.92. The minimum atomic E-state index is -0.498. The molecule has 16 heavy (non-hydrogen) atoms. The van der Waals surface area contributed by atoms with E-state index < -0.39 is 11.2 Å². The fourth-order valence-electron chi connectivity index (χ4n) is 1.29. The standard InChI is InChI=1S/C12H10N2O2/c15-11-10(8-13-12(16)14-11)7-6-9-4-2-1-3-5-9/h1-8H,(H2,13,14,15,16)/b7-6+. The van der Waals surface area contributed by atoms with E-state index in [4.69, 9.17) is 0 Å². The third kappa shape index (κ3) is 2.36. The van der Waals surface area contributed by atoms with Gasteiger partial charge in [0.15, 0.2) is 0 Å². The molecule has 1 aromatic heterocycles. The minimum Gasteiger partial charge on any atom is -0.314 e. The second kappa shape index (κ2) is 4.44. The smallest absolute Gasteiger partial charge is 0.314 e. The zero-order valence-corrected chi connectivity index (χ0v) is 8.44. The van der Waals surface area contributed by atoms with Crippen LogP contribution < -0.4 is 11.2 Å². The van der Waals surface area contributed by atoms with Crippen LogP contribution in [0.4, 0.5) is 0 Å². The van der Waals surface area contributed by atoms with E-state index in [-0.39, 0.29) is 0 Å². The lowest BCUT2D eigenvalue weighted by atomic mass is 10.2. The zero-order valence-electron chi connectivity index (χ0n) is 8.44. The van der Waals surface area contributed by atoms with Crippen LogP contribution in [-0.4, -0.2) is 9.97 Å². The molecule has 2 N–H and O–H groups in total. The van der Waals surface area contributed by atoms with Crippen molar-refractivity contribution in [3.8, 4) is 0 Å². The van der Waals surface area contributed by atoms with Crippen molar-refractivity contribution >= 4 is 12.2 Å². The molecule has 0 aliphatic heterocycles. The molecular weight excluding hydrogens is 204 g/mol. The van der Waals surface area contributed by atoms with Gasteiger partial charge in [-0.25, -0.2) is 4.79 Å². The summed E-state index contributed by atoms with van der Waals surface area (Å²) in [7, 11) is 0. The van der Waals surface area contributed by atoms with E-state index in [1.165, 1.54) is 6.20 Å². The van der Waals surface area contributed by atoms with Gasteiger partial charge in [0.25, 0.3) is 5.56 Å². The third-order valence-electron chi connectivity index (χ3n) is 2.10. The molecule has 0 bridgehead atoms. The van der Waals surface area contributed by atoms with Crippen LogP contribution >= 0.6 is 0 Å². The summed E-state index contributed by atoms with van der Waals surface area (Å²) in [4.78, 5) is 26.7. The topological polar surface area (TPSA) is 65.7 Å². The van der Waals surface area contributed by atoms with Crippen LogP contribution in [-0.2, 0) is 0 Å². The molecule has 0 amide bonds. The normalized spacial score (nSPS) is 10.8. The molecule has 2 rings (SSSR count). The molecule has 0 spiro atoms. The van der Waals surface area contributed by atoms with Crippen LogP contribution in [0, 0.1) is 0 Å². The molecule has 0 atom stereocenters. The Kier molecular flexibility index (Phi) is 2.82. The highest BCUT2D eigenvalue weighted by Gasteiger charge is 1.94. The predicted octanol–water partition coefficient (Wildman–Crippen LogP) is 1.23. The molecule has 0 fully saturated rings. The molecule has 0 aliphatic carbocycles. The van der Waals surface area contributed by atoms with E-state index in [9.17, 15) is 9.59 Å². The van der Waals surface area contributed by atoms with Gasteiger partial charge in [-0.3, -0.25) is 9.78 Å². The molecule has 80 valence electrons. The maximum absolute atomic E-state index is 11.3. The summed E-state index contributed by atoms with van der Waals surface area (Å²) in [5.74, 6) is 0. The second-order valence-electron chi connectivity index (χ2n) is 3.27. The van der Waals surface area contributed by atoms with Crippen molar-refractivity contribution in [1.29, 1.82) is 0 Å². The van der Waals surface area contributed by atoms with Crippen LogP contribution in [0.5, 0.6) is 0 Å². The first-order valence-electron chi connectivity index (χ1n) is 4.81. The number of hydrogen-bond acceptors (Lipinski definition) is 2. The minimum absolute atomic E-state index is 0.393. The number of aromatic amines is 2. The Balaban J connectivity index is 2.31. The summed E-state index contributed by atoms with van der Waals surface area (Å²) in [6, 6.07) is 9.60. The van der Waals surface area contributed by atoms with Gasteiger partial charge in [0.2, 0.25) is 0 Å². The Morgan fingerprint density at radius 1 is 1.00 bits per heavy atom. The van der Waals surface area contributed by atoms with Gasteiger partial charge >= 0.3 is 5.69 Å². The molecule has 0 unspecified atom stereocenters. The van der Waals surface area contributed by atoms with Crippen molar-refractivity contribution in [3.05, 3.63) is 68.5 Å². The molecule has 1 aromatic carbocycles. The van der Waals surface area contributed by atoms with Gasteiger partial charge < -0.3 is 4.98 Å². The van der Waals surface area contributed by atoms with Crippen LogP contribution in [0.15, 0.2) is 46.1 Å². The second-order valence-corrected chi connectivity index (χ2v) is 3.27. The fourth-order valence-corrected chi connectivity index (χ4v) is 1.29. The van der Waals surface area contributed by atoms with Crippen LogP contribution in [0.25, 0.3) is 12.2 Å². The van der Waals surface area contributed by atoms with Crippen molar-refractivity contribution < 1.29 is 0 Å². The lowest BCUT2D eigenvalue weighted by molar-refractivity contribution is 1.03. The summed E-state index contributed by atoms with van der Waals surface area (Å²) in [5.41, 5.74) is 0.523. The van der Waals surface area contributed by atoms with Crippen LogP contribution in [0.1, 0.15) is 11.1 Å². The monoisotopic (exact) mass is 214 g/mol. The highest BCUT2D eigenvalue weighted by Crippen LogP contribution is 2.03. The molecule has 0 saturated carbocycles. The van der Waals surface area contributed by atoms with E-state index in [1.54, 1.807) is 6.08 Å². The quantitative estimate of drug-likeness (QED) is 0.789. The first-order valence-corrected chi connectivity index (χ1v) is 4.81. The van der Waals surface area contributed by atoms with Crippen molar-refractivity contribution in [1.82, 2.24) is 9.97 Å². The van der Waals surface area contributed by atoms with Crippen molar-refractivity contribution in [2.45, 2.75) is 0 Å². The summed E-state index contributed by atoms with van der Waals surface area (Å²) in [6.45, 7) is 0. The number of rotatable bonds is 2. The molecule has 0 radical (unpaired) electrons. The molecule has 4 heteroatoms. The van der Waals surface area contributed by atoms with Gasteiger partial charge in [0, 0.05) is 6.20 Å². The van der Waals surface area contributed by atoms with Gasteiger partial charge in [-0.15, -0.1) is 0 Å². The maximum Gasteiger partial charge on any atom is 0.325 e. The predicted molar refractivity (Wildman–Crippen MR) is 63.1 cm³/mol. The number of benzene rings is 1. The SMILES string of the molecule is O=c1[nH]cc(/C=C/c2ccccc2)c(=O)[nH]1. The van der Waals surface area contributed by atoms with Gasteiger partial charge in [-0.2, -0.15) is 0 Å². The highest BCUT2D eigenvalue weighted by atomic mass is 16.2. The third-order valence-corrected chi connectivity index (χ3v) is 2.10. The molecule has 4 nitrogen and oxygen atoms in total. The van der Waals surface area contributed by atoms with Crippen molar-refractivity contribution in [3.63, 3.8) is 0 Å². The van der Waals surface area contributed by atoms with Crippen molar-refractivity contribution in [2.75, 3.05) is 0 Å². The summed E-state index contributed by atoms with van der Waals surface area (Å²) < 4.78 is 0. The first-order chi connectivity index (χ1) is 7.75. The lowest BCUT2D eigenvalue weighted by Crippen LogP contribution is -2.22. The largest absolute Gasteiger partial charge is 0.325 e. The number of hydrogen-bond donors (Lipinski definition) is 2. The summed E-state index contributed by atoms with van der Waals surface area (Å²) in [6.07, 6.45) is 4.85. The Morgan fingerprint density at radius 3 is 2.44 bits per heavy atom. The Labute approximate surface area is 91.3 Å². The highest BCUT2D eigenvalue weighted by molar-refractivity contribution is 5.68. The Bertz CT molecular complexity index is 609. The number of nitrogens with one attached hydrogen (secondary N) is 2. The maximum atomic E-state index is 11.3. The Morgan fingerprint density at radius 2 is 1.75 bits per heavy atom. The van der Waals surface area contributed by atoms with Gasteiger partial charge in [-0.1, -0.05) is 36.4 Å². The van der Waals surface area contributed by atoms with E-state index in [0.717, 1.165) is 5.56 Å². The molecule has 1 heterocycles. The first kappa shape index (κ1) is 10.2. The van der Waals surface area contributed by atoms with Crippen LogP contribution in [0.3, 0.4) is 0 Å². The van der Waals surface area contributed by atoms with E-state index in [0.29, 0.717) is 5.56 Å². The van der Waals surface area contributed by atoms with Crippen LogP contribution in [0.2, 0.25) is 0 Å². The number of aromatic nitrogens is 2. The fraction of sp³-hybridized carbons (Fsp3) is 0. The molecular formula is C12H10N2O2. The van der Waals surface area contributed by atoms with Gasteiger partial charge in [-0.05, 0) is 11.6 Å². The molecule has 2 aromatic rings. The van der Waals surface area contributed by atoms with Gasteiger partial charge in [0.1, 0.15) is 0 Å². The Hall–Kier alpha value is -2.36. The summed E-state index contributed by atoms with van der Waals surface area (Å²) >= 11 is 0.